The number of hydrogen-bond acceptors (Lipinski definition) is 3. The Kier molecular flexibility index (Phi) is 5.17. The van der Waals surface area contributed by atoms with Crippen LogP contribution in [0, 0.1) is 46.3 Å². The van der Waals surface area contributed by atoms with Gasteiger partial charge in [0.1, 0.15) is 5.78 Å². The van der Waals surface area contributed by atoms with Gasteiger partial charge in [-0.3, -0.25) is 9.59 Å². The van der Waals surface area contributed by atoms with Crippen molar-refractivity contribution in [1.29, 1.82) is 0 Å². The summed E-state index contributed by atoms with van der Waals surface area (Å²) in [6, 6.07) is 0. The van der Waals surface area contributed by atoms with Gasteiger partial charge in [-0.1, -0.05) is 20.8 Å². The van der Waals surface area contributed by atoms with Crippen molar-refractivity contribution in [2.45, 2.75) is 91.1 Å². The van der Waals surface area contributed by atoms with Gasteiger partial charge in [-0.25, -0.2) is 0 Å². The van der Waals surface area contributed by atoms with Crippen LogP contribution in [0.5, 0.6) is 0 Å². The minimum Gasteiger partial charge on any atom is -0.481 e. The van der Waals surface area contributed by atoms with Crippen LogP contribution in [0.1, 0.15) is 85.0 Å². The highest BCUT2D eigenvalue weighted by molar-refractivity contribution is 5.79. The number of rotatable bonds is 4. The van der Waals surface area contributed by atoms with Crippen molar-refractivity contribution >= 4 is 11.8 Å². The molecule has 4 nitrogen and oxygen atoms in total. The molecule has 4 fully saturated rings. The Morgan fingerprint density at radius 2 is 1.93 bits per heavy atom. The molecule has 0 bridgehead atoms. The highest BCUT2D eigenvalue weighted by atomic mass is 16.4. The Bertz CT molecular complexity index is 645. The highest BCUT2D eigenvalue weighted by Crippen LogP contribution is 2.68. The molecule has 0 amide bonds. The van der Waals surface area contributed by atoms with Crippen molar-refractivity contribution in [2.24, 2.45) is 46.3 Å². The summed E-state index contributed by atoms with van der Waals surface area (Å²) >= 11 is 0. The van der Waals surface area contributed by atoms with E-state index >= 15 is 0 Å². The van der Waals surface area contributed by atoms with Gasteiger partial charge >= 0.3 is 5.97 Å². The Balaban J connectivity index is 1.57. The maximum Gasteiger partial charge on any atom is 0.303 e. The van der Waals surface area contributed by atoms with E-state index in [4.69, 9.17) is 5.11 Å². The lowest BCUT2D eigenvalue weighted by Gasteiger charge is -2.62. The van der Waals surface area contributed by atoms with Gasteiger partial charge in [-0.2, -0.15) is 0 Å². The maximum atomic E-state index is 12.1. The monoisotopic (exact) mass is 390 g/mol. The lowest BCUT2D eigenvalue weighted by atomic mass is 9.44. The first-order chi connectivity index (χ1) is 13.2. The molecule has 158 valence electrons. The van der Waals surface area contributed by atoms with E-state index in [1.54, 1.807) is 0 Å². The molecule has 0 heterocycles. The summed E-state index contributed by atoms with van der Waals surface area (Å²) < 4.78 is 0. The van der Waals surface area contributed by atoms with Crippen LogP contribution < -0.4 is 0 Å². The first-order valence-corrected chi connectivity index (χ1v) is 11.6. The first kappa shape index (κ1) is 20.4. The molecule has 0 aliphatic heterocycles. The fourth-order valence-electron chi connectivity index (χ4n) is 8.52. The Hall–Kier alpha value is -0.900. The molecule has 9 atom stereocenters. The van der Waals surface area contributed by atoms with E-state index in [1.807, 2.05) is 0 Å². The quantitative estimate of drug-likeness (QED) is 0.730. The Morgan fingerprint density at radius 3 is 2.64 bits per heavy atom. The van der Waals surface area contributed by atoms with Crippen LogP contribution in [0.15, 0.2) is 0 Å². The zero-order chi connectivity index (χ0) is 20.3. The number of aliphatic hydroxyl groups excluding tert-OH is 1. The maximum absolute atomic E-state index is 12.1. The molecule has 28 heavy (non-hydrogen) atoms. The molecule has 0 spiro atoms. The third-order valence-electron chi connectivity index (χ3n) is 10.2. The average Bonchev–Trinajstić information content (AvgIpc) is 3.00. The van der Waals surface area contributed by atoms with Crippen molar-refractivity contribution in [3.05, 3.63) is 0 Å². The van der Waals surface area contributed by atoms with E-state index < -0.39 is 5.97 Å². The van der Waals surface area contributed by atoms with E-state index in [-0.39, 0.29) is 23.4 Å². The zero-order valence-electron chi connectivity index (χ0n) is 17.8. The molecule has 4 rings (SSSR count). The molecule has 0 aromatic heterocycles. The van der Waals surface area contributed by atoms with E-state index in [0.29, 0.717) is 47.7 Å². The van der Waals surface area contributed by atoms with Gasteiger partial charge in [0, 0.05) is 19.3 Å². The molecule has 0 radical (unpaired) electrons. The van der Waals surface area contributed by atoms with Crippen molar-refractivity contribution in [2.75, 3.05) is 0 Å². The summed E-state index contributed by atoms with van der Waals surface area (Å²) in [6.45, 7) is 6.93. The topological polar surface area (TPSA) is 74.6 Å². The number of aliphatic hydroxyl groups is 1. The van der Waals surface area contributed by atoms with Crippen LogP contribution >= 0.6 is 0 Å². The average molecular weight is 391 g/mol. The molecule has 2 N–H and O–H groups in total. The van der Waals surface area contributed by atoms with E-state index in [2.05, 4.69) is 20.8 Å². The van der Waals surface area contributed by atoms with Gasteiger partial charge < -0.3 is 10.2 Å². The lowest BCUT2D eigenvalue weighted by molar-refractivity contribution is -0.171. The van der Waals surface area contributed by atoms with Crippen LogP contribution in [-0.4, -0.2) is 28.1 Å². The predicted molar refractivity (Wildman–Crippen MR) is 108 cm³/mol. The number of carbonyl (C=O) groups excluding carboxylic acids is 1. The highest BCUT2D eigenvalue weighted by Gasteiger charge is 2.63. The summed E-state index contributed by atoms with van der Waals surface area (Å²) in [4.78, 5) is 23.1. The number of ketones is 1. The van der Waals surface area contributed by atoms with Gasteiger partial charge in [0.2, 0.25) is 0 Å². The van der Waals surface area contributed by atoms with Crippen LogP contribution in [-0.2, 0) is 9.59 Å². The fraction of sp³-hybridized carbons (Fsp3) is 0.917. The molecular weight excluding hydrogens is 352 g/mol. The lowest BCUT2D eigenvalue weighted by Crippen LogP contribution is -2.58. The molecule has 0 aromatic rings. The standard InChI is InChI=1S/C24H38O4/c1-14(4-9-22(27)28)18-7-8-19-17-6-5-15-12-16(25)10-11-23(15,2)20(17)13-21(26)24(18,19)3/h14-15,17-21,26H,4-13H2,1-3H3,(H,27,28)/t14-,15?,17+,18-,19+,20+,21+,23+,24-/m1/s1. The summed E-state index contributed by atoms with van der Waals surface area (Å²) in [6.07, 6.45) is 8.69. The number of carbonyl (C=O) groups is 2. The number of Topliss-reactive ketones (excluding diaryl/α,β-unsaturated/α-hetero) is 1. The van der Waals surface area contributed by atoms with Crippen LogP contribution in [0.4, 0.5) is 0 Å². The Morgan fingerprint density at radius 1 is 1.18 bits per heavy atom. The molecule has 4 aliphatic carbocycles. The minimum absolute atomic E-state index is 0.0766. The summed E-state index contributed by atoms with van der Waals surface area (Å²) in [5.41, 5.74) is 0.138. The molecule has 4 aliphatic rings. The van der Waals surface area contributed by atoms with Gasteiger partial charge in [0.25, 0.3) is 0 Å². The fourth-order valence-corrected chi connectivity index (χ4v) is 8.52. The van der Waals surface area contributed by atoms with Crippen molar-refractivity contribution in [3.63, 3.8) is 0 Å². The Labute approximate surface area is 169 Å². The number of aliphatic carboxylic acids is 1. The van der Waals surface area contributed by atoms with Crippen molar-refractivity contribution < 1.29 is 19.8 Å². The van der Waals surface area contributed by atoms with Gasteiger partial charge in [-0.05, 0) is 91.3 Å². The molecule has 0 aromatic carbocycles. The minimum atomic E-state index is -0.714. The third-order valence-corrected chi connectivity index (χ3v) is 10.2. The van der Waals surface area contributed by atoms with Gasteiger partial charge in [0.15, 0.2) is 0 Å². The summed E-state index contributed by atoms with van der Waals surface area (Å²) in [7, 11) is 0. The zero-order valence-corrected chi connectivity index (χ0v) is 17.8. The van der Waals surface area contributed by atoms with E-state index in [0.717, 1.165) is 32.1 Å². The molecule has 0 saturated heterocycles. The summed E-state index contributed by atoms with van der Waals surface area (Å²) in [5.74, 6) is 2.76. The second kappa shape index (κ2) is 7.11. The van der Waals surface area contributed by atoms with Crippen molar-refractivity contribution in [3.8, 4) is 0 Å². The number of carboxylic acids is 1. The van der Waals surface area contributed by atoms with Crippen LogP contribution in [0.3, 0.4) is 0 Å². The van der Waals surface area contributed by atoms with Gasteiger partial charge in [0.05, 0.1) is 6.10 Å². The van der Waals surface area contributed by atoms with E-state index in [1.165, 1.54) is 19.3 Å². The second-order valence-corrected chi connectivity index (χ2v) is 11.1. The number of hydrogen-bond donors (Lipinski definition) is 2. The molecule has 4 heteroatoms. The summed E-state index contributed by atoms with van der Waals surface area (Å²) in [5, 5.41) is 20.5. The van der Waals surface area contributed by atoms with E-state index in [9.17, 15) is 14.7 Å². The number of fused-ring (bicyclic) bond motifs is 5. The van der Waals surface area contributed by atoms with Gasteiger partial charge in [-0.15, -0.1) is 0 Å². The smallest absolute Gasteiger partial charge is 0.303 e. The molecule has 1 unspecified atom stereocenters. The third kappa shape index (κ3) is 2.97. The number of carboxylic acid groups (broad SMARTS) is 1. The SMILES string of the molecule is C[C@H](CCC(=O)O)[C@H]1CC[C@H]2[C@@H]3CCC4CC(=O)CC[C@]4(C)[C@H]3C[C@H](O)[C@]12C. The predicted octanol–water partition coefficient (Wildman–Crippen LogP) is 4.69. The van der Waals surface area contributed by atoms with Crippen LogP contribution in [0.25, 0.3) is 0 Å². The first-order valence-electron chi connectivity index (χ1n) is 11.6. The normalized spacial score (nSPS) is 49.1. The largest absolute Gasteiger partial charge is 0.481 e. The molecule has 4 saturated carbocycles. The molecular formula is C24H38O4. The second-order valence-electron chi connectivity index (χ2n) is 11.1. The van der Waals surface area contributed by atoms with Crippen LogP contribution in [0.2, 0.25) is 0 Å². The van der Waals surface area contributed by atoms with Crippen molar-refractivity contribution in [1.82, 2.24) is 0 Å².